The van der Waals surface area contributed by atoms with Crippen molar-refractivity contribution < 1.29 is 22.4 Å². The monoisotopic (exact) mass is 380 g/mol. The molecular formula is C13H18ClFN4O4S. The quantitative estimate of drug-likeness (QED) is 0.516. The van der Waals surface area contributed by atoms with Crippen LogP contribution >= 0.6 is 12.4 Å². The van der Waals surface area contributed by atoms with Crippen molar-refractivity contribution in [2.75, 3.05) is 18.4 Å². The molecule has 1 saturated carbocycles. The second-order valence-electron chi connectivity index (χ2n) is 5.07. The van der Waals surface area contributed by atoms with E-state index in [-0.39, 0.29) is 37.2 Å². The number of amides is 2. The molecule has 11 heteroatoms. The molecular weight excluding hydrogens is 363 g/mol. The summed E-state index contributed by atoms with van der Waals surface area (Å²) in [6.45, 7) is -0.575. The highest BCUT2D eigenvalue weighted by molar-refractivity contribution is 7.89. The van der Waals surface area contributed by atoms with Gasteiger partial charge in [-0.1, -0.05) is 0 Å². The van der Waals surface area contributed by atoms with Crippen LogP contribution in [0.3, 0.4) is 0 Å². The molecule has 2 rings (SSSR count). The Labute approximate surface area is 144 Å². The molecule has 1 aromatic carbocycles. The number of carbonyl (C=O) groups is 2. The summed E-state index contributed by atoms with van der Waals surface area (Å²) < 4.78 is 40.3. The molecule has 0 aromatic heterocycles. The Morgan fingerprint density at radius 2 is 1.92 bits per heavy atom. The van der Waals surface area contributed by atoms with E-state index in [4.69, 9.17) is 5.73 Å². The average Bonchev–Trinajstić information content (AvgIpc) is 3.29. The molecule has 0 bridgehead atoms. The van der Waals surface area contributed by atoms with Crippen LogP contribution in [-0.2, 0) is 19.6 Å². The molecule has 1 aromatic rings. The molecule has 0 atom stereocenters. The molecule has 1 aliphatic carbocycles. The van der Waals surface area contributed by atoms with Crippen molar-refractivity contribution in [3.63, 3.8) is 0 Å². The van der Waals surface area contributed by atoms with Crippen LogP contribution in [0.5, 0.6) is 0 Å². The fourth-order valence-electron chi connectivity index (χ4n) is 1.73. The molecule has 0 unspecified atom stereocenters. The van der Waals surface area contributed by atoms with Crippen molar-refractivity contribution in [2.24, 2.45) is 5.73 Å². The summed E-state index contributed by atoms with van der Waals surface area (Å²) in [5.74, 6) is -2.00. The second-order valence-corrected chi connectivity index (χ2v) is 6.75. The Kier molecular flexibility index (Phi) is 7.08. The minimum absolute atomic E-state index is 0. The molecule has 1 fully saturated rings. The smallest absolute Gasteiger partial charge is 0.243 e. The Balaban J connectivity index is 0.00000288. The number of benzene rings is 1. The molecule has 0 heterocycles. The fraction of sp³-hybridized carbons (Fsp3) is 0.385. The van der Waals surface area contributed by atoms with Crippen molar-refractivity contribution >= 4 is 39.9 Å². The van der Waals surface area contributed by atoms with Gasteiger partial charge in [0.2, 0.25) is 21.8 Å². The standard InChI is InChI=1S/C13H17FN4O4S.ClH/c14-10-4-3-9(17-13(20)7-16-12(19)6-15)5-11(10)23(21,22)18-8-1-2-8;/h3-5,8,18H,1-2,6-7,15H2,(H,16,19)(H,17,20);1H. The van der Waals surface area contributed by atoms with Crippen molar-refractivity contribution in [1.82, 2.24) is 10.0 Å². The van der Waals surface area contributed by atoms with E-state index in [1.807, 2.05) is 0 Å². The minimum Gasteiger partial charge on any atom is -0.346 e. The first-order valence-electron chi connectivity index (χ1n) is 6.90. The van der Waals surface area contributed by atoms with Gasteiger partial charge in [-0.15, -0.1) is 12.4 Å². The number of nitrogens with one attached hydrogen (secondary N) is 3. The van der Waals surface area contributed by atoms with Gasteiger partial charge in [-0.3, -0.25) is 9.59 Å². The Hall–Kier alpha value is -1.75. The number of anilines is 1. The zero-order valence-electron chi connectivity index (χ0n) is 12.5. The molecule has 1 aliphatic rings. The molecule has 8 nitrogen and oxygen atoms in total. The summed E-state index contributed by atoms with van der Waals surface area (Å²) in [4.78, 5) is 22.1. The lowest BCUT2D eigenvalue weighted by atomic mass is 10.3. The number of rotatable bonds is 7. The highest BCUT2D eigenvalue weighted by Gasteiger charge is 2.29. The van der Waals surface area contributed by atoms with Gasteiger partial charge in [0.25, 0.3) is 0 Å². The van der Waals surface area contributed by atoms with Gasteiger partial charge < -0.3 is 16.4 Å². The van der Waals surface area contributed by atoms with E-state index in [0.717, 1.165) is 25.0 Å². The lowest BCUT2D eigenvalue weighted by molar-refractivity contribution is -0.123. The number of carbonyl (C=O) groups excluding carboxylic acids is 2. The van der Waals surface area contributed by atoms with Gasteiger partial charge >= 0.3 is 0 Å². The maximum absolute atomic E-state index is 13.8. The first kappa shape index (κ1) is 20.3. The lowest BCUT2D eigenvalue weighted by Gasteiger charge is -2.10. The summed E-state index contributed by atoms with van der Waals surface area (Å²) in [5.41, 5.74) is 5.19. The van der Waals surface area contributed by atoms with Gasteiger partial charge in [0.1, 0.15) is 10.7 Å². The molecule has 24 heavy (non-hydrogen) atoms. The fourth-order valence-corrected chi connectivity index (χ4v) is 3.14. The third-order valence-electron chi connectivity index (χ3n) is 3.04. The highest BCUT2D eigenvalue weighted by Crippen LogP contribution is 2.25. The molecule has 0 saturated heterocycles. The van der Waals surface area contributed by atoms with Gasteiger partial charge in [0.05, 0.1) is 13.1 Å². The van der Waals surface area contributed by atoms with Crippen LogP contribution < -0.4 is 21.1 Å². The second kappa shape index (κ2) is 8.38. The molecule has 0 aliphatic heterocycles. The number of nitrogens with two attached hydrogens (primary N) is 1. The van der Waals surface area contributed by atoms with E-state index in [1.165, 1.54) is 6.07 Å². The van der Waals surface area contributed by atoms with E-state index in [1.54, 1.807) is 0 Å². The van der Waals surface area contributed by atoms with E-state index >= 15 is 0 Å². The van der Waals surface area contributed by atoms with E-state index in [9.17, 15) is 22.4 Å². The van der Waals surface area contributed by atoms with Gasteiger partial charge in [-0.25, -0.2) is 17.5 Å². The Morgan fingerprint density at radius 3 is 2.50 bits per heavy atom. The van der Waals surface area contributed by atoms with E-state index in [2.05, 4.69) is 15.4 Å². The third kappa shape index (κ3) is 5.71. The number of hydrogen-bond donors (Lipinski definition) is 4. The first-order chi connectivity index (χ1) is 10.8. The van der Waals surface area contributed by atoms with Gasteiger partial charge in [0.15, 0.2) is 0 Å². The summed E-state index contributed by atoms with van der Waals surface area (Å²) in [6, 6.07) is 3.05. The van der Waals surface area contributed by atoms with E-state index < -0.39 is 32.6 Å². The van der Waals surface area contributed by atoms with Crippen LogP contribution in [0.1, 0.15) is 12.8 Å². The van der Waals surface area contributed by atoms with Crippen LogP contribution in [-0.4, -0.2) is 39.4 Å². The average molecular weight is 381 g/mol. The zero-order chi connectivity index (χ0) is 17.0. The highest BCUT2D eigenvalue weighted by atomic mass is 35.5. The van der Waals surface area contributed by atoms with Crippen LogP contribution in [0, 0.1) is 5.82 Å². The predicted octanol–water partition coefficient (Wildman–Crippen LogP) is -0.298. The van der Waals surface area contributed by atoms with Gasteiger partial charge in [0, 0.05) is 11.7 Å². The molecule has 0 spiro atoms. The summed E-state index contributed by atoms with van der Waals surface area (Å²) in [5, 5.41) is 4.64. The number of hydrogen-bond acceptors (Lipinski definition) is 5. The molecule has 134 valence electrons. The molecule has 0 radical (unpaired) electrons. The van der Waals surface area contributed by atoms with E-state index in [0.29, 0.717) is 0 Å². The topological polar surface area (TPSA) is 130 Å². The van der Waals surface area contributed by atoms with Crippen molar-refractivity contribution in [3.8, 4) is 0 Å². The van der Waals surface area contributed by atoms with Crippen LogP contribution in [0.25, 0.3) is 0 Å². The SMILES string of the molecule is Cl.NCC(=O)NCC(=O)Nc1ccc(F)c(S(=O)(=O)NC2CC2)c1. The van der Waals surface area contributed by atoms with Crippen molar-refractivity contribution in [2.45, 2.75) is 23.8 Å². The Morgan fingerprint density at radius 1 is 1.25 bits per heavy atom. The van der Waals surface area contributed by atoms with Crippen LogP contribution in [0.4, 0.5) is 10.1 Å². The maximum atomic E-state index is 13.8. The molecule has 2 amide bonds. The summed E-state index contributed by atoms with van der Waals surface area (Å²) in [7, 11) is -3.98. The van der Waals surface area contributed by atoms with Crippen molar-refractivity contribution in [1.29, 1.82) is 0 Å². The number of sulfonamides is 1. The molecule has 5 N–H and O–H groups in total. The first-order valence-corrected chi connectivity index (χ1v) is 8.38. The van der Waals surface area contributed by atoms with Crippen molar-refractivity contribution in [3.05, 3.63) is 24.0 Å². The normalized spacial score (nSPS) is 13.8. The Bertz CT molecular complexity index is 725. The minimum atomic E-state index is -3.98. The van der Waals surface area contributed by atoms with Crippen LogP contribution in [0.2, 0.25) is 0 Å². The largest absolute Gasteiger partial charge is 0.346 e. The van der Waals surface area contributed by atoms with Crippen LogP contribution in [0.15, 0.2) is 23.1 Å². The number of halogens is 2. The maximum Gasteiger partial charge on any atom is 0.243 e. The summed E-state index contributed by atoms with van der Waals surface area (Å²) >= 11 is 0. The summed E-state index contributed by atoms with van der Waals surface area (Å²) in [6.07, 6.45) is 1.44. The lowest BCUT2D eigenvalue weighted by Crippen LogP contribution is -2.36. The zero-order valence-corrected chi connectivity index (χ0v) is 14.2. The van der Waals surface area contributed by atoms with Gasteiger partial charge in [-0.2, -0.15) is 0 Å². The third-order valence-corrected chi connectivity index (χ3v) is 4.57. The van der Waals surface area contributed by atoms with Gasteiger partial charge in [-0.05, 0) is 31.0 Å². The predicted molar refractivity (Wildman–Crippen MR) is 87.7 cm³/mol.